The van der Waals surface area contributed by atoms with Crippen LogP contribution in [-0.4, -0.2) is 10.9 Å². The number of hydrogen-bond acceptors (Lipinski definition) is 2. The fourth-order valence-corrected chi connectivity index (χ4v) is 2.43. The quantitative estimate of drug-likeness (QED) is 0.842. The minimum Gasteiger partial charge on any atom is -0.366 e. The van der Waals surface area contributed by atoms with Gasteiger partial charge in [-0.25, -0.2) is 0 Å². The third kappa shape index (κ3) is 1.94. The maximum Gasteiger partial charge on any atom is 0.250 e. The van der Waals surface area contributed by atoms with Crippen LogP contribution in [0.25, 0.3) is 0 Å². The molecule has 0 radical (unpaired) electrons. The lowest BCUT2D eigenvalue weighted by Crippen LogP contribution is -2.15. The van der Waals surface area contributed by atoms with E-state index in [1.54, 1.807) is 6.20 Å². The molecule has 0 saturated carbocycles. The zero-order valence-electron chi connectivity index (χ0n) is 9.92. The van der Waals surface area contributed by atoms with Crippen LogP contribution in [0.4, 0.5) is 0 Å². The molecular weight excluding hydrogens is 200 g/mol. The summed E-state index contributed by atoms with van der Waals surface area (Å²) < 4.78 is 0. The van der Waals surface area contributed by atoms with Crippen molar-refractivity contribution in [1.29, 1.82) is 0 Å². The molecule has 1 heterocycles. The average Bonchev–Trinajstić information content (AvgIpc) is 2.65. The zero-order valence-corrected chi connectivity index (χ0v) is 9.92. The number of rotatable bonds is 3. The van der Waals surface area contributed by atoms with Gasteiger partial charge in [0.05, 0.1) is 5.56 Å². The molecule has 1 aliphatic rings. The van der Waals surface area contributed by atoms with Crippen LogP contribution in [-0.2, 0) is 19.3 Å². The predicted octanol–water partition coefficient (Wildman–Crippen LogP) is 1.87. The molecule has 1 aromatic heterocycles. The van der Waals surface area contributed by atoms with Crippen molar-refractivity contribution in [1.82, 2.24) is 4.98 Å². The Labute approximate surface area is 96.1 Å². The first-order valence-electron chi connectivity index (χ1n) is 5.89. The molecule has 0 atom stereocenters. The van der Waals surface area contributed by atoms with Crippen molar-refractivity contribution in [2.45, 2.75) is 39.5 Å². The Morgan fingerprint density at radius 2 is 2.12 bits per heavy atom. The molecule has 0 aliphatic heterocycles. The van der Waals surface area contributed by atoms with Crippen molar-refractivity contribution in [2.24, 2.45) is 11.7 Å². The minimum atomic E-state index is -0.346. The van der Waals surface area contributed by atoms with Gasteiger partial charge in [-0.2, -0.15) is 0 Å². The number of primary amides is 1. The van der Waals surface area contributed by atoms with Gasteiger partial charge >= 0.3 is 0 Å². The number of carbonyl (C=O) groups excluding carboxylic acids is 1. The monoisotopic (exact) mass is 218 g/mol. The van der Waals surface area contributed by atoms with Gasteiger partial charge < -0.3 is 5.73 Å². The molecule has 0 bridgehead atoms. The Morgan fingerprint density at radius 3 is 2.75 bits per heavy atom. The van der Waals surface area contributed by atoms with Crippen molar-refractivity contribution < 1.29 is 4.79 Å². The molecule has 0 unspecified atom stereocenters. The number of aromatic nitrogens is 1. The molecule has 1 aliphatic carbocycles. The summed E-state index contributed by atoms with van der Waals surface area (Å²) >= 11 is 0. The smallest absolute Gasteiger partial charge is 0.250 e. The van der Waals surface area contributed by atoms with E-state index in [1.165, 1.54) is 5.56 Å². The Balaban J connectivity index is 2.45. The molecule has 2 rings (SSSR count). The second kappa shape index (κ2) is 4.24. The van der Waals surface area contributed by atoms with E-state index in [2.05, 4.69) is 18.8 Å². The van der Waals surface area contributed by atoms with E-state index in [0.29, 0.717) is 11.5 Å². The molecule has 86 valence electrons. The first kappa shape index (κ1) is 11.1. The summed E-state index contributed by atoms with van der Waals surface area (Å²) in [5.74, 6) is 0.248. The van der Waals surface area contributed by atoms with Crippen molar-refractivity contribution >= 4 is 5.91 Å². The Kier molecular flexibility index (Phi) is 2.95. The SMILES string of the molecule is CC(C)Cc1ncc(C(N)=O)c2c1CCC2. The fraction of sp³-hybridized carbons (Fsp3) is 0.538. The lowest BCUT2D eigenvalue weighted by molar-refractivity contribution is 0.0999. The van der Waals surface area contributed by atoms with Gasteiger partial charge in [0.15, 0.2) is 0 Å². The lowest BCUT2D eigenvalue weighted by atomic mass is 9.98. The van der Waals surface area contributed by atoms with Crippen LogP contribution in [0.2, 0.25) is 0 Å². The molecule has 3 heteroatoms. The summed E-state index contributed by atoms with van der Waals surface area (Å²) in [5.41, 5.74) is 9.58. The number of carbonyl (C=O) groups is 1. The molecule has 0 saturated heterocycles. The van der Waals surface area contributed by atoms with Gasteiger partial charge in [-0.1, -0.05) is 13.8 Å². The highest BCUT2D eigenvalue weighted by molar-refractivity contribution is 5.94. The van der Waals surface area contributed by atoms with E-state index < -0.39 is 0 Å². The average molecular weight is 218 g/mol. The van der Waals surface area contributed by atoms with E-state index in [1.807, 2.05) is 0 Å². The predicted molar refractivity (Wildman–Crippen MR) is 63.3 cm³/mol. The van der Waals surface area contributed by atoms with Crippen LogP contribution in [0.15, 0.2) is 6.20 Å². The van der Waals surface area contributed by atoms with Crippen molar-refractivity contribution in [3.63, 3.8) is 0 Å². The minimum absolute atomic E-state index is 0.346. The van der Waals surface area contributed by atoms with Gasteiger partial charge in [-0.15, -0.1) is 0 Å². The van der Waals surface area contributed by atoms with E-state index in [-0.39, 0.29) is 5.91 Å². The maximum absolute atomic E-state index is 11.3. The summed E-state index contributed by atoms with van der Waals surface area (Å²) in [6, 6.07) is 0. The van der Waals surface area contributed by atoms with E-state index in [0.717, 1.165) is 36.9 Å². The van der Waals surface area contributed by atoms with Crippen LogP contribution in [0, 0.1) is 5.92 Å². The van der Waals surface area contributed by atoms with Crippen molar-refractivity contribution in [3.8, 4) is 0 Å². The van der Waals surface area contributed by atoms with Gasteiger partial charge in [0, 0.05) is 11.9 Å². The molecule has 2 N–H and O–H groups in total. The summed E-state index contributed by atoms with van der Waals surface area (Å²) in [4.78, 5) is 15.7. The summed E-state index contributed by atoms with van der Waals surface area (Å²) in [6.45, 7) is 4.37. The van der Waals surface area contributed by atoms with E-state index in [4.69, 9.17) is 5.73 Å². The van der Waals surface area contributed by atoms with E-state index in [9.17, 15) is 4.79 Å². The van der Waals surface area contributed by atoms with Crippen LogP contribution >= 0.6 is 0 Å². The topological polar surface area (TPSA) is 56.0 Å². The van der Waals surface area contributed by atoms with Gasteiger partial charge in [0.25, 0.3) is 5.91 Å². The normalized spacial score (nSPS) is 14.2. The van der Waals surface area contributed by atoms with Crippen LogP contribution < -0.4 is 5.73 Å². The molecule has 0 aromatic carbocycles. The third-order valence-electron chi connectivity index (χ3n) is 3.11. The van der Waals surface area contributed by atoms with Gasteiger partial charge in [0.1, 0.15) is 0 Å². The number of nitrogens with two attached hydrogens (primary N) is 1. The fourth-order valence-electron chi connectivity index (χ4n) is 2.43. The number of pyridine rings is 1. The summed E-state index contributed by atoms with van der Waals surface area (Å²) in [7, 11) is 0. The van der Waals surface area contributed by atoms with Crippen LogP contribution in [0.1, 0.15) is 47.4 Å². The Morgan fingerprint density at radius 1 is 1.44 bits per heavy atom. The first-order chi connectivity index (χ1) is 7.59. The highest BCUT2D eigenvalue weighted by Gasteiger charge is 2.21. The summed E-state index contributed by atoms with van der Waals surface area (Å²) in [5, 5.41) is 0. The van der Waals surface area contributed by atoms with Crippen LogP contribution in [0.5, 0.6) is 0 Å². The zero-order chi connectivity index (χ0) is 11.7. The van der Waals surface area contributed by atoms with Gasteiger partial charge in [-0.3, -0.25) is 9.78 Å². The number of amides is 1. The van der Waals surface area contributed by atoms with Crippen molar-refractivity contribution in [2.75, 3.05) is 0 Å². The molecule has 1 aromatic rings. The molecule has 0 fully saturated rings. The standard InChI is InChI=1S/C13H18N2O/c1-8(2)6-12-10-5-3-4-9(10)11(7-15-12)13(14)16/h7-8H,3-6H2,1-2H3,(H2,14,16). The second-order valence-electron chi connectivity index (χ2n) is 4.89. The molecule has 1 amide bonds. The maximum atomic E-state index is 11.3. The number of nitrogens with zero attached hydrogens (tertiary/aromatic N) is 1. The lowest BCUT2D eigenvalue weighted by Gasteiger charge is -2.11. The molecule has 16 heavy (non-hydrogen) atoms. The first-order valence-corrected chi connectivity index (χ1v) is 5.89. The van der Waals surface area contributed by atoms with Gasteiger partial charge in [0.2, 0.25) is 0 Å². The molecule has 0 spiro atoms. The Hall–Kier alpha value is -1.38. The third-order valence-corrected chi connectivity index (χ3v) is 3.11. The second-order valence-corrected chi connectivity index (χ2v) is 4.89. The highest BCUT2D eigenvalue weighted by Crippen LogP contribution is 2.28. The highest BCUT2D eigenvalue weighted by atomic mass is 16.1. The Bertz CT molecular complexity index is 424. The molecule has 3 nitrogen and oxygen atoms in total. The van der Waals surface area contributed by atoms with Gasteiger partial charge in [-0.05, 0) is 42.7 Å². The largest absolute Gasteiger partial charge is 0.366 e. The number of hydrogen-bond donors (Lipinski definition) is 1. The number of fused-ring (bicyclic) bond motifs is 1. The summed E-state index contributed by atoms with van der Waals surface area (Å²) in [6.07, 6.45) is 5.78. The molecular formula is C13H18N2O. The van der Waals surface area contributed by atoms with Crippen molar-refractivity contribution in [3.05, 3.63) is 28.6 Å². The van der Waals surface area contributed by atoms with Crippen LogP contribution in [0.3, 0.4) is 0 Å². The van der Waals surface area contributed by atoms with E-state index >= 15 is 0 Å².